The molecule has 8 nitrogen and oxygen atoms in total. The van der Waals surface area contributed by atoms with Gasteiger partial charge >= 0.3 is 5.69 Å². The molecule has 20 heavy (non-hydrogen) atoms. The van der Waals surface area contributed by atoms with Gasteiger partial charge in [0, 0.05) is 13.7 Å². The van der Waals surface area contributed by atoms with Crippen molar-refractivity contribution in [2.75, 3.05) is 25.7 Å². The lowest BCUT2D eigenvalue weighted by atomic mass is 10.1. The topological polar surface area (TPSA) is 120 Å². The Balaban J connectivity index is 2.90. The van der Waals surface area contributed by atoms with Crippen molar-refractivity contribution in [2.45, 2.75) is 6.92 Å². The van der Waals surface area contributed by atoms with Crippen LogP contribution in [0, 0.1) is 16.0 Å². The van der Waals surface area contributed by atoms with Crippen LogP contribution in [0.2, 0.25) is 0 Å². The van der Waals surface area contributed by atoms with E-state index in [1.165, 1.54) is 18.2 Å². The Labute approximate surface area is 116 Å². The monoisotopic (exact) mass is 282 g/mol. The molecule has 1 unspecified atom stereocenters. The summed E-state index contributed by atoms with van der Waals surface area (Å²) in [6.45, 7) is 2.76. The second-order valence-corrected chi connectivity index (χ2v) is 4.37. The highest BCUT2D eigenvalue weighted by Crippen LogP contribution is 2.27. The fraction of sp³-hybridized carbons (Fsp3) is 0.417. The Morgan fingerprint density at radius 3 is 2.80 bits per heavy atom. The van der Waals surface area contributed by atoms with Crippen LogP contribution < -0.4 is 16.6 Å². The molecule has 0 spiro atoms. The summed E-state index contributed by atoms with van der Waals surface area (Å²) in [5.41, 5.74) is 1.93. The van der Waals surface area contributed by atoms with E-state index in [1.807, 2.05) is 6.92 Å². The molecule has 0 bridgehead atoms. The summed E-state index contributed by atoms with van der Waals surface area (Å²) in [5.74, 6) is 4.81. The molecule has 1 aromatic rings. The molecule has 1 amide bonds. The Morgan fingerprint density at radius 1 is 1.55 bits per heavy atom. The minimum Gasteiger partial charge on any atom is -0.384 e. The summed E-state index contributed by atoms with van der Waals surface area (Å²) in [5, 5.41) is 13.7. The number of benzene rings is 1. The van der Waals surface area contributed by atoms with E-state index in [2.05, 4.69) is 10.7 Å². The summed E-state index contributed by atoms with van der Waals surface area (Å²) in [6, 6.07) is 4.34. The van der Waals surface area contributed by atoms with Gasteiger partial charge in [-0.1, -0.05) is 13.0 Å². The normalized spacial score (nSPS) is 11.8. The molecule has 0 saturated carbocycles. The highest BCUT2D eigenvalue weighted by atomic mass is 16.6. The standard InChI is InChI=1S/C12H18N4O4/c1-8(7-20-2)6-14-12(17)9-4-3-5-10(15-13)11(9)16(18)19/h3-5,8,15H,6-7,13H2,1-2H3,(H,14,17). The Bertz CT molecular complexity index is 492. The number of ether oxygens (including phenoxy) is 1. The number of nitro benzene ring substituents is 1. The van der Waals surface area contributed by atoms with Gasteiger partial charge in [0.15, 0.2) is 0 Å². The van der Waals surface area contributed by atoms with Crippen LogP contribution in [0.5, 0.6) is 0 Å². The lowest BCUT2D eigenvalue weighted by Gasteiger charge is -2.12. The van der Waals surface area contributed by atoms with Gasteiger partial charge < -0.3 is 15.5 Å². The molecule has 8 heteroatoms. The smallest absolute Gasteiger partial charge is 0.306 e. The van der Waals surface area contributed by atoms with Gasteiger partial charge in [-0.15, -0.1) is 0 Å². The van der Waals surface area contributed by atoms with E-state index in [1.54, 1.807) is 7.11 Å². The Kier molecular flexibility index (Phi) is 5.88. The largest absolute Gasteiger partial charge is 0.384 e. The number of anilines is 1. The fourth-order valence-corrected chi connectivity index (χ4v) is 1.75. The molecule has 0 aliphatic rings. The molecule has 0 fully saturated rings. The van der Waals surface area contributed by atoms with Crippen molar-refractivity contribution < 1.29 is 14.5 Å². The molecule has 110 valence electrons. The molecule has 1 rings (SSSR count). The number of hydrazine groups is 1. The number of nitrogens with two attached hydrogens (primary N) is 1. The zero-order chi connectivity index (χ0) is 15.1. The molecule has 0 aliphatic carbocycles. The summed E-state index contributed by atoms with van der Waals surface area (Å²) in [4.78, 5) is 22.4. The van der Waals surface area contributed by atoms with Gasteiger partial charge in [-0.05, 0) is 18.1 Å². The molecule has 0 heterocycles. The zero-order valence-corrected chi connectivity index (χ0v) is 11.4. The van der Waals surface area contributed by atoms with E-state index < -0.39 is 10.8 Å². The fourth-order valence-electron chi connectivity index (χ4n) is 1.75. The number of nitrogen functional groups attached to an aromatic ring is 1. The van der Waals surface area contributed by atoms with Gasteiger partial charge in [-0.2, -0.15) is 0 Å². The van der Waals surface area contributed by atoms with Gasteiger partial charge in [0.1, 0.15) is 11.3 Å². The molecular formula is C12H18N4O4. The molecule has 1 atom stereocenters. The van der Waals surface area contributed by atoms with Gasteiger partial charge in [0.05, 0.1) is 11.5 Å². The van der Waals surface area contributed by atoms with Crippen molar-refractivity contribution in [1.82, 2.24) is 5.32 Å². The van der Waals surface area contributed by atoms with Crippen LogP contribution >= 0.6 is 0 Å². The van der Waals surface area contributed by atoms with E-state index in [4.69, 9.17) is 10.6 Å². The van der Waals surface area contributed by atoms with Crippen LogP contribution in [0.3, 0.4) is 0 Å². The number of carbonyl (C=O) groups excluding carboxylic acids is 1. The van der Waals surface area contributed by atoms with E-state index >= 15 is 0 Å². The summed E-state index contributed by atoms with van der Waals surface area (Å²) in [7, 11) is 1.57. The first-order valence-electron chi connectivity index (χ1n) is 6.02. The summed E-state index contributed by atoms with van der Waals surface area (Å²) >= 11 is 0. The number of amides is 1. The van der Waals surface area contributed by atoms with Gasteiger partial charge in [0.2, 0.25) is 0 Å². The second kappa shape index (κ2) is 7.41. The number of nitro groups is 1. The maximum absolute atomic E-state index is 12.0. The summed E-state index contributed by atoms with van der Waals surface area (Å²) < 4.78 is 4.95. The molecule has 0 aromatic heterocycles. The van der Waals surface area contributed by atoms with Crippen molar-refractivity contribution in [3.63, 3.8) is 0 Å². The van der Waals surface area contributed by atoms with E-state index in [-0.39, 0.29) is 22.9 Å². The number of nitrogens with zero attached hydrogens (tertiary/aromatic N) is 1. The first-order valence-corrected chi connectivity index (χ1v) is 6.02. The number of hydrogen-bond donors (Lipinski definition) is 3. The summed E-state index contributed by atoms with van der Waals surface area (Å²) in [6.07, 6.45) is 0. The number of nitrogens with one attached hydrogen (secondary N) is 2. The van der Waals surface area contributed by atoms with Crippen LogP contribution in [0.4, 0.5) is 11.4 Å². The lowest BCUT2D eigenvalue weighted by molar-refractivity contribution is -0.384. The second-order valence-electron chi connectivity index (χ2n) is 4.37. The van der Waals surface area contributed by atoms with Gasteiger partial charge in [-0.3, -0.25) is 20.8 Å². The molecule has 0 radical (unpaired) electrons. The van der Waals surface area contributed by atoms with Crippen molar-refractivity contribution >= 4 is 17.3 Å². The third-order valence-corrected chi connectivity index (χ3v) is 2.68. The Hall–Kier alpha value is -2.19. The van der Waals surface area contributed by atoms with Crippen molar-refractivity contribution in [3.8, 4) is 0 Å². The molecule has 0 aliphatic heterocycles. The number of carbonyl (C=O) groups is 1. The van der Waals surface area contributed by atoms with Crippen LogP contribution in [0.25, 0.3) is 0 Å². The maximum Gasteiger partial charge on any atom is 0.306 e. The Morgan fingerprint density at radius 2 is 2.25 bits per heavy atom. The first-order chi connectivity index (χ1) is 9.51. The first kappa shape index (κ1) is 15.9. The average molecular weight is 282 g/mol. The number of rotatable bonds is 7. The van der Waals surface area contributed by atoms with Crippen LogP contribution in [-0.4, -0.2) is 31.1 Å². The van der Waals surface area contributed by atoms with Crippen LogP contribution in [0.15, 0.2) is 18.2 Å². The predicted octanol–water partition coefficient (Wildman–Crippen LogP) is 0.893. The third kappa shape index (κ3) is 3.90. The van der Waals surface area contributed by atoms with Crippen molar-refractivity contribution in [2.24, 2.45) is 11.8 Å². The average Bonchev–Trinajstić information content (AvgIpc) is 2.43. The lowest BCUT2D eigenvalue weighted by Crippen LogP contribution is -2.30. The van der Waals surface area contributed by atoms with E-state index in [0.717, 1.165) is 0 Å². The number of hydrogen-bond acceptors (Lipinski definition) is 6. The quantitative estimate of drug-likeness (QED) is 0.388. The predicted molar refractivity (Wildman–Crippen MR) is 74.3 cm³/mol. The highest BCUT2D eigenvalue weighted by molar-refractivity contribution is 6.00. The zero-order valence-electron chi connectivity index (χ0n) is 11.4. The maximum atomic E-state index is 12.0. The van der Waals surface area contributed by atoms with Gasteiger partial charge in [-0.25, -0.2) is 0 Å². The van der Waals surface area contributed by atoms with E-state index in [0.29, 0.717) is 13.2 Å². The minimum absolute atomic E-state index is 0.0323. The molecule has 0 saturated heterocycles. The van der Waals surface area contributed by atoms with Crippen LogP contribution in [-0.2, 0) is 4.74 Å². The molecule has 1 aromatic carbocycles. The van der Waals surface area contributed by atoms with E-state index in [9.17, 15) is 14.9 Å². The number of methoxy groups -OCH3 is 1. The molecular weight excluding hydrogens is 264 g/mol. The third-order valence-electron chi connectivity index (χ3n) is 2.68. The minimum atomic E-state index is -0.636. The molecule has 4 N–H and O–H groups in total. The SMILES string of the molecule is COCC(C)CNC(=O)c1cccc(NN)c1[N+](=O)[O-]. The number of para-hydroxylation sites is 1. The van der Waals surface area contributed by atoms with Gasteiger partial charge in [0.25, 0.3) is 5.91 Å². The highest BCUT2D eigenvalue weighted by Gasteiger charge is 2.24. The van der Waals surface area contributed by atoms with Crippen molar-refractivity contribution in [3.05, 3.63) is 33.9 Å². The van der Waals surface area contributed by atoms with Crippen molar-refractivity contribution in [1.29, 1.82) is 0 Å². The van der Waals surface area contributed by atoms with Crippen LogP contribution in [0.1, 0.15) is 17.3 Å².